The minimum atomic E-state index is 1.23. The number of piperidine rings is 1. The zero-order valence-corrected chi connectivity index (χ0v) is 7.34. The van der Waals surface area contributed by atoms with Crippen LogP contribution in [0.5, 0.6) is 0 Å². The molecule has 1 aliphatic heterocycles. The molecule has 1 heteroatoms. The second-order valence-corrected chi connectivity index (χ2v) is 3.09. The van der Waals surface area contributed by atoms with Gasteiger partial charge < -0.3 is 4.90 Å². The van der Waals surface area contributed by atoms with E-state index in [1.807, 2.05) is 6.08 Å². The van der Waals surface area contributed by atoms with Gasteiger partial charge in [0, 0.05) is 18.8 Å². The molecule has 0 aromatic heterocycles. The second kappa shape index (κ2) is 4.22. The van der Waals surface area contributed by atoms with Crippen LogP contribution in [0.15, 0.2) is 24.4 Å². The van der Waals surface area contributed by atoms with Crippen LogP contribution in [0.1, 0.15) is 26.2 Å². The van der Waals surface area contributed by atoms with E-state index in [1.54, 1.807) is 0 Å². The molecule has 0 amide bonds. The van der Waals surface area contributed by atoms with Gasteiger partial charge in [0.2, 0.25) is 0 Å². The number of allylic oxidation sites excluding steroid dienone is 3. The van der Waals surface area contributed by atoms with Crippen LogP contribution in [0.2, 0.25) is 0 Å². The van der Waals surface area contributed by atoms with Crippen molar-refractivity contribution in [3.63, 3.8) is 0 Å². The largest absolute Gasteiger partial charge is 0.375 e. The van der Waals surface area contributed by atoms with Gasteiger partial charge in [-0.15, -0.1) is 0 Å². The molecule has 1 heterocycles. The van der Waals surface area contributed by atoms with E-state index in [9.17, 15) is 0 Å². The maximum absolute atomic E-state index is 3.69. The molecular weight excluding hydrogens is 134 g/mol. The molecule has 1 fully saturated rings. The first kappa shape index (κ1) is 8.38. The van der Waals surface area contributed by atoms with Crippen LogP contribution in [0.25, 0.3) is 0 Å². The Bertz CT molecular complexity index is 152. The topological polar surface area (TPSA) is 3.24 Å². The summed E-state index contributed by atoms with van der Waals surface area (Å²) in [5.74, 6) is 0. The van der Waals surface area contributed by atoms with Crippen LogP contribution < -0.4 is 0 Å². The van der Waals surface area contributed by atoms with Crippen molar-refractivity contribution in [2.75, 3.05) is 13.1 Å². The van der Waals surface area contributed by atoms with Crippen LogP contribution in [-0.2, 0) is 0 Å². The van der Waals surface area contributed by atoms with Gasteiger partial charge in [0.05, 0.1) is 0 Å². The van der Waals surface area contributed by atoms with E-state index in [1.165, 1.54) is 38.0 Å². The van der Waals surface area contributed by atoms with Gasteiger partial charge >= 0.3 is 0 Å². The van der Waals surface area contributed by atoms with Gasteiger partial charge in [-0.05, 0) is 32.3 Å². The highest BCUT2D eigenvalue weighted by molar-refractivity contribution is 5.07. The van der Waals surface area contributed by atoms with Crippen molar-refractivity contribution in [3.05, 3.63) is 24.4 Å². The van der Waals surface area contributed by atoms with Crippen molar-refractivity contribution in [2.45, 2.75) is 26.2 Å². The maximum atomic E-state index is 3.69. The predicted molar refractivity (Wildman–Crippen MR) is 49.4 cm³/mol. The molecule has 0 saturated carbocycles. The van der Waals surface area contributed by atoms with Crippen molar-refractivity contribution in [1.29, 1.82) is 0 Å². The summed E-state index contributed by atoms with van der Waals surface area (Å²) in [6.45, 7) is 8.32. The average Bonchev–Trinajstić information content (AvgIpc) is 2.07. The number of hydrogen-bond acceptors (Lipinski definition) is 1. The van der Waals surface area contributed by atoms with Crippen molar-refractivity contribution in [1.82, 2.24) is 4.90 Å². The van der Waals surface area contributed by atoms with Gasteiger partial charge in [-0.1, -0.05) is 12.7 Å². The quantitative estimate of drug-likeness (QED) is 0.548. The van der Waals surface area contributed by atoms with E-state index in [-0.39, 0.29) is 0 Å². The van der Waals surface area contributed by atoms with E-state index in [4.69, 9.17) is 0 Å². The summed E-state index contributed by atoms with van der Waals surface area (Å²) in [6.07, 6.45) is 8.05. The highest BCUT2D eigenvalue weighted by Crippen LogP contribution is 2.13. The van der Waals surface area contributed by atoms with Gasteiger partial charge in [-0.3, -0.25) is 0 Å². The monoisotopic (exact) mass is 151 g/mol. The number of rotatable bonds is 2. The van der Waals surface area contributed by atoms with Crippen LogP contribution in [0.4, 0.5) is 0 Å². The highest BCUT2D eigenvalue weighted by Gasteiger charge is 2.08. The highest BCUT2D eigenvalue weighted by atomic mass is 15.1. The molecule has 0 spiro atoms. The molecule has 62 valence electrons. The summed E-state index contributed by atoms with van der Waals surface area (Å²) in [6, 6.07) is 0. The van der Waals surface area contributed by atoms with Gasteiger partial charge in [-0.2, -0.15) is 0 Å². The first-order chi connectivity index (χ1) is 5.34. The van der Waals surface area contributed by atoms with Crippen molar-refractivity contribution < 1.29 is 0 Å². The molecule has 0 aromatic rings. The third-order valence-electron chi connectivity index (χ3n) is 2.21. The van der Waals surface area contributed by atoms with Crippen molar-refractivity contribution >= 4 is 0 Å². The van der Waals surface area contributed by atoms with Crippen molar-refractivity contribution in [2.24, 2.45) is 0 Å². The molecule has 0 atom stereocenters. The molecule has 0 aliphatic carbocycles. The zero-order valence-electron chi connectivity index (χ0n) is 7.34. The van der Waals surface area contributed by atoms with Gasteiger partial charge in [0.1, 0.15) is 0 Å². The third-order valence-corrected chi connectivity index (χ3v) is 2.21. The minimum absolute atomic E-state index is 1.23. The molecule has 0 radical (unpaired) electrons. The van der Waals surface area contributed by atoms with Crippen LogP contribution in [-0.4, -0.2) is 18.0 Å². The zero-order chi connectivity index (χ0) is 8.10. The Kier molecular flexibility index (Phi) is 3.21. The standard InChI is InChI=1S/C10H17N/c1-3-7-10(2)11-8-5-4-6-9-11/h3,7H,1,4-6,8-9H2,2H3. The summed E-state index contributed by atoms with van der Waals surface area (Å²) in [5.41, 5.74) is 1.36. The Balaban J connectivity index is 2.44. The van der Waals surface area contributed by atoms with Gasteiger partial charge in [-0.25, -0.2) is 0 Å². The molecule has 0 N–H and O–H groups in total. The molecular formula is C10H17N. The normalized spacial score (nSPS) is 20.1. The Hall–Kier alpha value is -0.720. The second-order valence-electron chi connectivity index (χ2n) is 3.09. The fourth-order valence-corrected chi connectivity index (χ4v) is 1.52. The summed E-state index contributed by atoms with van der Waals surface area (Å²) < 4.78 is 0. The van der Waals surface area contributed by atoms with E-state index in [0.717, 1.165) is 0 Å². The molecule has 0 unspecified atom stereocenters. The SMILES string of the molecule is C=CC=C(C)N1CCCCC1. The molecule has 1 rings (SSSR count). The Morgan fingerprint density at radius 1 is 1.27 bits per heavy atom. The summed E-state index contributed by atoms with van der Waals surface area (Å²) in [7, 11) is 0. The lowest BCUT2D eigenvalue weighted by Crippen LogP contribution is -2.27. The third kappa shape index (κ3) is 2.41. The maximum Gasteiger partial charge on any atom is 0.0174 e. The molecule has 11 heavy (non-hydrogen) atoms. The Morgan fingerprint density at radius 3 is 2.45 bits per heavy atom. The van der Waals surface area contributed by atoms with E-state index < -0.39 is 0 Å². The van der Waals surface area contributed by atoms with Gasteiger partial charge in [0.25, 0.3) is 0 Å². The van der Waals surface area contributed by atoms with Crippen LogP contribution in [0.3, 0.4) is 0 Å². The first-order valence-corrected chi connectivity index (χ1v) is 4.39. The van der Waals surface area contributed by atoms with Gasteiger partial charge in [0.15, 0.2) is 0 Å². The first-order valence-electron chi connectivity index (χ1n) is 4.39. The predicted octanol–water partition coefficient (Wildman–Crippen LogP) is 2.56. The fourth-order valence-electron chi connectivity index (χ4n) is 1.52. The van der Waals surface area contributed by atoms with E-state index in [0.29, 0.717) is 0 Å². The lowest BCUT2D eigenvalue weighted by Gasteiger charge is -2.29. The summed E-state index contributed by atoms with van der Waals surface area (Å²) in [5, 5.41) is 0. The molecule has 0 aromatic carbocycles. The van der Waals surface area contributed by atoms with Crippen LogP contribution in [0, 0.1) is 0 Å². The van der Waals surface area contributed by atoms with E-state index in [2.05, 4.69) is 24.5 Å². The summed E-state index contributed by atoms with van der Waals surface area (Å²) in [4.78, 5) is 2.44. The number of likely N-dealkylation sites (tertiary alicyclic amines) is 1. The summed E-state index contributed by atoms with van der Waals surface area (Å²) >= 11 is 0. The van der Waals surface area contributed by atoms with E-state index >= 15 is 0 Å². The number of hydrogen-bond donors (Lipinski definition) is 0. The Labute approximate surface area is 69.4 Å². The fraction of sp³-hybridized carbons (Fsp3) is 0.600. The average molecular weight is 151 g/mol. The molecule has 1 nitrogen and oxygen atoms in total. The molecule has 1 saturated heterocycles. The molecule has 1 aliphatic rings. The smallest absolute Gasteiger partial charge is 0.0174 e. The van der Waals surface area contributed by atoms with Crippen molar-refractivity contribution in [3.8, 4) is 0 Å². The number of nitrogens with zero attached hydrogens (tertiary/aromatic N) is 1. The molecule has 0 bridgehead atoms. The van der Waals surface area contributed by atoms with Crippen LogP contribution >= 0.6 is 0 Å². The Morgan fingerprint density at radius 2 is 1.91 bits per heavy atom. The minimum Gasteiger partial charge on any atom is -0.375 e. The lowest BCUT2D eigenvalue weighted by molar-refractivity contribution is 0.286. The lowest BCUT2D eigenvalue weighted by atomic mass is 10.1.